The van der Waals surface area contributed by atoms with Gasteiger partial charge >= 0.3 is 5.91 Å². The average molecular weight is 488 g/mol. The van der Waals surface area contributed by atoms with E-state index >= 15 is 0 Å². The molecule has 0 aliphatic carbocycles. The molecule has 1 unspecified atom stereocenters. The maximum Gasteiger partial charge on any atom is 0.322 e. The Bertz CT molecular complexity index is 1110. The van der Waals surface area contributed by atoms with Crippen molar-refractivity contribution in [2.45, 2.75) is 52.5 Å². The number of nitrogens with zero attached hydrogens (tertiary/aromatic N) is 2. The number of hydrogen-bond donors (Lipinski definition) is 1. The smallest absolute Gasteiger partial charge is 0.322 e. The Morgan fingerprint density at radius 1 is 1.21 bits per heavy atom. The highest BCUT2D eigenvalue weighted by atomic mass is 32.2. The third kappa shape index (κ3) is 5.70. The van der Waals surface area contributed by atoms with Crippen LogP contribution in [0.4, 0.5) is 0 Å². The second-order valence-electron chi connectivity index (χ2n) is 9.49. The van der Waals surface area contributed by atoms with Crippen molar-refractivity contribution in [3.05, 3.63) is 50.7 Å². The zero-order valence-corrected chi connectivity index (χ0v) is 21.3. The molecule has 8 nitrogen and oxygen atoms in total. The second-order valence-corrected chi connectivity index (χ2v) is 10.2. The maximum absolute atomic E-state index is 12.7. The lowest BCUT2D eigenvalue weighted by Gasteiger charge is -2.39. The van der Waals surface area contributed by atoms with E-state index in [1.54, 1.807) is 19.1 Å². The van der Waals surface area contributed by atoms with Crippen molar-refractivity contribution in [1.29, 1.82) is 0 Å². The SMILES string of the molecule is COc1cc2c(cc1OCCCCCNSC)CC(C(C)(C)C)n1cc(C(=O)N=O)c(=O)cc1-2. The lowest BCUT2D eigenvalue weighted by molar-refractivity contribution is 0.0998. The summed E-state index contributed by atoms with van der Waals surface area (Å²) in [6, 6.07) is 5.26. The number of nitroso groups, excluding NO2 is 1. The molecule has 9 heteroatoms. The van der Waals surface area contributed by atoms with Gasteiger partial charge in [0.2, 0.25) is 0 Å². The third-order valence-electron chi connectivity index (χ3n) is 6.13. The molecule has 2 aromatic rings. The molecule has 2 heterocycles. The normalized spacial score (nSPS) is 14.8. The minimum absolute atomic E-state index is 0.0426. The number of nitrogens with one attached hydrogen (secondary N) is 1. The lowest BCUT2D eigenvalue weighted by atomic mass is 9.78. The number of carbonyl (C=O) groups is 1. The molecule has 1 aromatic heterocycles. The van der Waals surface area contributed by atoms with Crippen LogP contribution in [0.5, 0.6) is 11.5 Å². The zero-order chi connectivity index (χ0) is 24.9. The van der Waals surface area contributed by atoms with Gasteiger partial charge in [-0.2, -0.15) is 0 Å². The fourth-order valence-electron chi connectivity index (χ4n) is 4.31. The average Bonchev–Trinajstić information content (AvgIpc) is 2.80. The van der Waals surface area contributed by atoms with Gasteiger partial charge < -0.3 is 14.0 Å². The van der Waals surface area contributed by atoms with Crippen molar-refractivity contribution in [2.24, 2.45) is 10.6 Å². The summed E-state index contributed by atoms with van der Waals surface area (Å²) in [5.74, 6) is 0.221. The summed E-state index contributed by atoms with van der Waals surface area (Å²) in [5.41, 5.74) is 1.67. The van der Waals surface area contributed by atoms with Crippen molar-refractivity contribution in [1.82, 2.24) is 9.29 Å². The molecule has 0 saturated carbocycles. The van der Waals surface area contributed by atoms with Crippen LogP contribution in [0.25, 0.3) is 11.3 Å². The molecule has 1 aliphatic rings. The van der Waals surface area contributed by atoms with Crippen LogP contribution in [0.2, 0.25) is 0 Å². The quantitative estimate of drug-likeness (QED) is 0.286. The minimum Gasteiger partial charge on any atom is -0.493 e. The van der Waals surface area contributed by atoms with Crippen molar-refractivity contribution < 1.29 is 14.3 Å². The summed E-state index contributed by atoms with van der Waals surface area (Å²) in [6.45, 7) is 7.90. The first-order valence-corrected chi connectivity index (χ1v) is 12.7. The van der Waals surface area contributed by atoms with Crippen LogP contribution >= 0.6 is 11.9 Å². The van der Waals surface area contributed by atoms with E-state index in [1.807, 2.05) is 23.0 Å². The highest BCUT2D eigenvalue weighted by molar-refractivity contribution is 7.96. The van der Waals surface area contributed by atoms with Crippen LogP contribution < -0.4 is 19.6 Å². The topological polar surface area (TPSA) is 99.0 Å². The van der Waals surface area contributed by atoms with Gasteiger partial charge in [0, 0.05) is 35.6 Å². The standard InChI is InChI=1S/C25H33N3O5S/c1-25(2,3)23-12-16-11-22(33-10-8-6-7-9-26-34-5)21(32-4)13-17(16)19-14-20(29)18(15-28(19)23)24(30)27-31/h11,13-15,23,26H,6-10,12H2,1-5H3. The van der Waals surface area contributed by atoms with Gasteiger partial charge in [0.25, 0.3) is 0 Å². The van der Waals surface area contributed by atoms with Crippen LogP contribution in [0.15, 0.2) is 34.4 Å². The van der Waals surface area contributed by atoms with Gasteiger partial charge in [-0.1, -0.05) is 32.7 Å². The summed E-state index contributed by atoms with van der Waals surface area (Å²) in [4.78, 5) is 35.4. The number of methoxy groups -OCH3 is 1. The van der Waals surface area contributed by atoms with E-state index in [-0.39, 0.29) is 17.0 Å². The van der Waals surface area contributed by atoms with Gasteiger partial charge in [0.05, 0.1) is 19.4 Å². The Morgan fingerprint density at radius 3 is 2.62 bits per heavy atom. The zero-order valence-electron chi connectivity index (χ0n) is 20.5. The molecule has 1 aromatic carbocycles. The van der Waals surface area contributed by atoms with Gasteiger partial charge in [0.1, 0.15) is 5.56 Å². The molecule has 0 spiro atoms. The van der Waals surface area contributed by atoms with Crippen LogP contribution in [-0.2, 0) is 6.42 Å². The van der Waals surface area contributed by atoms with Crippen molar-refractivity contribution in [3.63, 3.8) is 0 Å². The molecule has 0 radical (unpaired) electrons. The number of hydrogen-bond acceptors (Lipinski definition) is 7. The van der Waals surface area contributed by atoms with Crippen LogP contribution in [0.3, 0.4) is 0 Å². The van der Waals surface area contributed by atoms with Crippen LogP contribution in [-0.4, -0.2) is 37.0 Å². The fourth-order valence-corrected chi connectivity index (χ4v) is 4.65. The number of carbonyl (C=O) groups excluding carboxylic acids is 1. The number of benzene rings is 1. The van der Waals surface area contributed by atoms with E-state index in [0.29, 0.717) is 30.2 Å². The lowest BCUT2D eigenvalue weighted by Crippen LogP contribution is -2.32. The predicted octanol–water partition coefficient (Wildman–Crippen LogP) is 4.99. The highest BCUT2D eigenvalue weighted by Gasteiger charge is 2.34. The second kappa shape index (κ2) is 11.2. The van der Waals surface area contributed by atoms with Crippen LogP contribution in [0.1, 0.15) is 62.0 Å². The fraction of sp³-hybridized carbons (Fsp3) is 0.520. The molecule has 1 atom stereocenters. The molecule has 1 N–H and O–H groups in total. The molecule has 0 bridgehead atoms. The summed E-state index contributed by atoms with van der Waals surface area (Å²) in [7, 11) is 1.59. The predicted molar refractivity (Wildman–Crippen MR) is 136 cm³/mol. The van der Waals surface area contributed by atoms with E-state index in [2.05, 4.69) is 30.7 Å². The first kappa shape index (κ1) is 26.0. The maximum atomic E-state index is 12.7. The molecule has 184 valence electrons. The largest absolute Gasteiger partial charge is 0.493 e. The summed E-state index contributed by atoms with van der Waals surface area (Å²) in [5, 5.41) is 2.45. The number of unbranched alkanes of at least 4 members (excludes halogenated alkanes) is 2. The van der Waals surface area contributed by atoms with Gasteiger partial charge in [-0.05, 0) is 55.1 Å². The van der Waals surface area contributed by atoms with Gasteiger partial charge in [0.15, 0.2) is 16.9 Å². The van der Waals surface area contributed by atoms with Crippen molar-refractivity contribution >= 4 is 17.9 Å². The van der Waals surface area contributed by atoms with Gasteiger partial charge in [-0.15, -0.1) is 4.91 Å². The van der Waals surface area contributed by atoms with Gasteiger partial charge in [-0.3, -0.25) is 14.3 Å². The molecule has 1 amide bonds. The molecule has 34 heavy (non-hydrogen) atoms. The summed E-state index contributed by atoms with van der Waals surface area (Å²) >= 11 is 1.63. The van der Waals surface area contributed by atoms with E-state index < -0.39 is 11.3 Å². The number of rotatable bonds is 10. The molecule has 1 aliphatic heterocycles. The van der Waals surface area contributed by atoms with Crippen molar-refractivity contribution in [3.8, 4) is 22.8 Å². The highest BCUT2D eigenvalue weighted by Crippen LogP contribution is 2.45. The number of ether oxygens (including phenoxy) is 2. The van der Waals surface area contributed by atoms with Gasteiger partial charge in [-0.25, -0.2) is 0 Å². The van der Waals surface area contributed by atoms with E-state index in [0.717, 1.165) is 36.9 Å². The number of amides is 1. The molecule has 0 fully saturated rings. The number of aromatic nitrogens is 1. The Labute approximate surface area is 204 Å². The molecular weight excluding hydrogens is 454 g/mol. The molecule has 0 saturated heterocycles. The van der Waals surface area contributed by atoms with E-state index in [1.165, 1.54) is 12.3 Å². The molecule has 3 rings (SSSR count). The third-order valence-corrected chi connectivity index (χ3v) is 6.62. The van der Waals surface area contributed by atoms with E-state index in [9.17, 15) is 14.5 Å². The molecular formula is C25H33N3O5S. The minimum atomic E-state index is -1.05. The summed E-state index contributed by atoms with van der Waals surface area (Å²) < 4.78 is 16.9. The Kier molecular flexibility index (Phi) is 8.54. The first-order chi connectivity index (χ1) is 16.2. The first-order valence-electron chi connectivity index (χ1n) is 11.4. The summed E-state index contributed by atoms with van der Waals surface area (Å²) in [6.07, 6.45) is 7.28. The Balaban J connectivity index is 1.96. The monoisotopic (exact) mass is 487 g/mol. The van der Waals surface area contributed by atoms with E-state index in [4.69, 9.17) is 9.47 Å². The van der Waals surface area contributed by atoms with Crippen LogP contribution in [0, 0.1) is 10.3 Å². The number of pyridine rings is 1. The van der Waals surface area contributed by atoms with Crippen molar-refractivity contribution in [2.75, 3.05) is 26.5 Å². The Morgan fingerprint density at radius 2 is 1.97 bits per heavy atom. The number of fused-ring (bicyclic) bond motifs is 3. The Hall–Kier alpha value is -2.65.